The van der Waals surface area contributed by atoms with Crippen molar-refractivity contribution in [2.75, 3.05) is 13.1 Å². The quantitative estimate of drug-likeness (QED) is 0.604. The van der Waals surface area contributed by atoms with Gasteiger partial charge in [0.1, 0.15) is 5.82 Å². The zero-order chi connectivity index (χ0) is 21.0. The lowest BCUT2D eigenvalue weighted by Crippen LogP contribution is -2.38. The van der Waals surface area contributed by atoms with Gasteiger partial charge in [-0.15, -0.1) is 0 Å². The van der Waals surface area contributed by atoms with Gasteiger partial charge in [0.05, 0.1) is 9.79 Å². The number of aryl methyl sites for hydroxylation is 2. The Labute approximate surface area is 174 Å². The molecule has 158 valence electrons. The van der Waals surface area contributed by atoms with Crippen LogP contribution < -0.4 is 0 Å². The lowest BCUT2D eigenvalue weighted by Gasteiger charge is -2.34. The molecule has 1 fully saturated rings. The Morgan fingerprint density at radius 2 is 1.76 bits per heavy atom. The third kappa shape index (κ3) is 5.46. The minimum atomic E-state index is -3.71. The maximum Gasteiger partial charge on any atom is 0.206 e. The van der Waals surface area contributed by atoms with Crippen molar-refractivity contribution in [2.45, 2.75) is 68.7 Å². The summed E-state index contributed by atoms with van der Waals surface area (Å²) in [4.78, 5) is 2.79. The second-order valence-corrected chi connectivity index (χ2v) is 10.5. The van der Waals surface area contributed by atoms with Crippen LogP contribution in [0.1, 0.15) is 50.7 Å². The summed E-state index contributed by atoms with van der Waals surface area (Å²) in [6.45, 7) is 8.91. The highest BCUT2D eigenvalue weighted by Gasteiger charge is 2.21. The first-order chi connectivity index (χ1) is 13.8. The van der Waals surface area contributed by atoms with Crippen LogP contribution in [-0.2, 0) is 16.3 Å². The monoisotopic (exact) mass is 417 g/mol. The van der Waals surface area contributed by atoms with Crippen LogP contribution >= 0.6 is 0 Å². The molecule has 0 unspecified atom stereocenters. The lowest BCUT2D eigenvalue weighted by molar-refractivity contribution is 0.144. The van der Waals surface area contributed by atoms with E-state index in [1.807, 2.05) is 13.0 Å². The lowest BCUT2D eigenvalue weighted by atomic mass is 9.90. The Morgan fingerprint density at radius 1 is 1.07 bits per heavy atom. The molecule has 1 aliphatic rings. The fourth-order valence-corrected chi connectivity index (χ4v) is 5.54. The van der Waals surface area contributed by atoms with Gasteiger partial charge in [-0.2, -0.15) is 0 Å². The molecule has 2 aromatic carbocycles. The molecule has 29 heavy (non-hydrogen) atoms. The smallest absolute Gasteiger partial charge is 0.206 e. The van der Waals surface area contributed by atoms with E-state index in [0.717, 1.165) is 36.0 Å². The molecule has 0 radical (unpaired) electrons. The highest BCUT2D eigenvalue weighted by Crippen LogP contribution is 2.27. The minimum absolute atomic E-state index is 0.00390. The molecule has 1 saturated heterocycles. The van der Waals surface area contributed by atoms with Crippen molar-refractivity contribution in [3.63, 3.8) is 0 Å². The first-order valence-corrected chi connectivity index (χ1v) is 12.1. The summed E-state index contributed by atoms with van der Waals surface area (Å²) in [5, 5.41) is 0. The molecule has 0 saturated carbocycles. The van der Waals surface area contributed by atoms with Crippen LogP contribution in [-0.4, -0.2) is 32.4 Å². The zero-order valence-corrected chi connectivity index (χ0v) is 18.5. The first-order valence-electron chi connectivity index (χ1n) is 10.6. The summed E-state index contributed by atoms with van der Waals surface area (Å²) < 4.78 is 39.3. The standard InChI is InChI=1S/C24H32FNO2S/c1-18(2)26-14-12-20(13-15-26)6-4-7-21-16-24(11-10-19(21)3)29(27,28)23-9-5-8-22(25)17-23/h5,8-11,16-18,20H,4,6-7,12-15H2,1-3H3. The molecule has 0 aliphatic carbocycles. The molecule has 2 aromatic rings. The molecule has 0 spiro atoms. The Bertz CT molecular complexity index is 932. The molecule has 0 amide bonds. The molecule has 1 aliphatic heterocycles. The van der Waals surface area contributed by atoms with E-state index in [1.165, 1.54) is 50.6 Å². The van der Waals surface area contributed by atoms with E-state index in [0.29, 0.717) is 6.04 Å². The van der Waals surface area contributed by atoms with E-state index in [1.54, 1.807) is 12.1 Å². The number of nitrogens with zero attached hydrogens (tertiary/aromatic N) is 1. The predicted molar refractivity (Wildman–Crippen MR) is 115 cm³/mol. The van der Waals surface area contributed by atoms with Gasteiger partial charge in [0.15, 0.2) is 0 Å². The Hall–Kier alpha value is -1.72. The van der Waals surface area contributed by atoms with E-state index in [2.05, 4.69) is 18.7 Å². The van der Waals surface area contributed by atoms with Gasteiger partial charge in [-0.25, -0.2) is 12.8 Å². The number of halogens is 1. The van der Waals surface area contributed by atoms with E-state index < -0.39 is 15.7 Å². The summed E-state index contributed by atoms with van der Waals surface area (Å²) in [6, 6.07) is 11.1. The molecule has 0 aromatic heterocycles. The molecule has 0 N–H and O–H groups in total. The number of sulfone groups is 1. The average molecular weight is 418 g/mol. The molecule has 0 atom stereocenters. The van der Waals surface area contributed by atoms with E-state index in [9.17, 15) is 12.8 Å². The highest BCUT2D eigenvalue weighted by atomic mass is 32.2. The first kappa shape index (κ1) is 22.0. The molecular formula is C24H32FNO2S. The number of benzene rings is 2. The Kier molecular flexibility index (Phi) is 7.12. The molecule has 1 heterocycles. The molecule has 0 bridgehead atoms. The van der Waals surface area contributed by atoms with Crippen molar-refractivity contribution < 1.29 is 12.8 Å². The Balaban J connectivity index is 1.64. The molecule has 3 nitrogen and oxygen atoms in total. The summed E-state index contributed by atoms with van der Waals surface area (Å²) in [5.41, 5.74) is 2.18. The largest absolute Gasteiger partial charge is 0.301 e. The van der Waals surface area contributed by atoms with Crippen molar-refractivity contribution in [1.82, 2.24) is 4.90 Å². The summed E-state index contributed by atoms with van der Waals surface area (Å²) in [5.74, 6) is 0.228. The van der Waals surface area contributed by atoms with Gasteiger partial charge in [0, 0.05) is 6.04 Å². The van der Waals surface area contributed by atoms with E-state index >= 15 is 0 Å². The van der Waals surface area contributed by atoms with Gasteiger partial charge in [-0.1, -0.05) is 18.6 Å². The second-order valence-electron chi connectivity index (χ2n) is 8.51. The third-order valence-electron chi connectivity index (χ3n) is 6.18. The summed E-state index contributed by atoms with van der Waals surface area (Å²) in [6.07, 6.45) is 5.64. The van der Waals surface area contributed by atoms with Crippen LogP contribution in [0, 0.1) is 18.7 Å². The van der Waals surface area contributed by atoms with Crippen LogP contribution in [0.5, 0.6) is 0 Å². The van der Waals surface area contributed by atoms with Crippen LogP contribution in [0.15, 0.2) is 52.3 Å². The number of rotatable bonds is 7. The van der Waals surface area contributed by atoms with Gasteiger partial charge in [0.25, 0.3) is 0 Å². The fraction of sp³-hybridized carbons (Fsp3) is 0.500. The van der Waals surface area contributed by atoms with Gasteiger partial charge in [-0.3, -0.25) is 0 Å². The van der Waals surface area contributed by atoms with Gasteiger partial charge in [-0.05, 0) is 107 Å². The molecule has 5 heteroatoms. The minimum Gasteiger partial charge on any atom is -0.301 e. The van der Waals surface area contributed by atoms with Gasteiger partial charge >= 0.3 is 0 Å². The summed E-state index contributed by atoms with van der Waals surface area (Å²) >= 11 is 0. The Morgan fingerprint density at radius 3 is 2.41 bits per heavy atom. The summed E-state index contributed by atoms with van der Waals surface area (Å²) in [7, 11) is -3.71. The van der Waals surface area contributed by atoms with Crippen molar-refractivity contribution in [3.05, 3.63) is 59.4 Å². The van der Waals surface area contributed by atoms with Crippen LogP contribution in [0.25, 0.3) is 0 Å². The zero-order valence-electron chi connectivity index (χ0n) is 17.7. The van der Waals surface area contributed by atoms with E-state index in [-0.39, 0.29) is 9.79 Å². The average Bonchev–Trinajstić information content (AvgIpc) is 2.69. The van der Waals surface area contributed by atoms with Crippen molar-refractivity contribution in [2.24, 2.45) is 5.92 Å². The number of hydrogen-bond donors (Lipinski definition) is 0. The normalized spacial score (nSPS) is 16.4. The maximum absolute atomic E-state index is 13.5. The fourth-order valence-electron chi connectivity index (χ4n) is 4.19. The van der Waals surface area contributed by atoms with Gasteiger partial charge < -0.3 is 4.90 Å². The third-order valence-corrected chi connectivity index (χ3v) is 7.92. The molecule has 3 rings (SSSR count). The van der Waals surface area contributed by atoms with Crippen molar-refractivity contribution in [1.29, 1.82) is 0 Å². The molecular weight excluding hydrogens is 385 g/mol. The number of likely N-dealkylation sites (tertiary alicyclic amines) is 1. The van der Waals surface area contributed by atoms with Crippen LogP contribution in [0.2, 0.25) is 0 Å². The van der Waals surface area contributed by atoms with Gasteiger partial charge in [0.2, 0.25) is 9.84 Å². The van der Waals surface area contributed by atoms with Crippen molar-refractivity contribution >= 4 is 9.84 Å². The number of hydrogen-bond acceptors (Lipinski definition) is 3. The maximum atomic E-state index is 13.5. The van der Waals surface area contributed by atoms with Crippen LogP contribution in [0.3, 0.4) is 0 Å². The second kappa shape index (κ2) is 9.40. The number of piperidine rings is 1. The van der Waals surface area contributed by atoms with Crippen molar-refractivity contribution in [3.8, 4) is 0 Å². The SMILES string of the molecule is Cc1ccc(S(=O)(=O)c2cccc(F)c2)cc1CCCC1CCN(C(C)C)CC1. The van der Waals surface area contributed by atoms with E-state index in [4.69, 9.17) is 0 Å². The topological polar surface area (TPSA) is 37.4 Å². The highest BCUT2D eigenvalue weighted by molar-refractivity contribution is 7.91. The predicted octanol–water partition coefficient (Wildman–Crippen LogP) is 5.41. The van der Waals surface area contributed by atoms with Crippen LogP contribution in [0.4, 0.5) is 4.39 Å².